The highest BCUT2D eigenvalue weighted by Gasteiger charge is 2.29. The maximum atomic E-state index is 12.5. The zero-order valence-corrected chi connectivity index (χ0v) is 14.4. The zero-order valence-electron chi connectivity index (χ0n) is 12.1. The van der Waals surface area contributed by atoms with Crippen LogP contribution < -0.4 is 0 Å². The molecule has 1 aliphatic rings. The van der Waals surface area contributed by atoms with Crippen LogP contribution >= 0.6 is 34.3 Å². The lowest BCUT2D eigenvalue weighted by molar-refractivity contribution is -0.131. The summed E-state index contributed by atoms with van der Waals surface area (Å²) in [5.41, 5.74) is 1.19. The van der Waals surface area contributed by atoms with Gasteiger partial charge in [0.05, 0.1) is 32.4 Å². The van der Waals surface area contributed by atoms with E-state index in [1.807, 2.05) is 31.0 Å². The van der Waals surface area contributed by atoms with Crippen LogP contribution in [-0.4, -0.2) is 22.8 Å². The minimum absolute atomic E-state index is 0.150. The molecule has 0 aliphatic heterocycles. The van der Waals surface area contributed by atoms with E-state index >= 15 is 0 Å². The molecule has 3 nitrogen and oxygen atoms in total. The van der Waals surface area contributed by atoms with Crippen LogP contribution in [0.4, 0.5) is 0 Å². The Morgan fingerprint density at radius 1 is 1.48 bits per heavy atom. The van der Waals surface area contributed by atoms with Crippen LogP contribution in [-0.2, 0) is 17.6 Å². The summed E-state index contributed by atoms with van der Waals surface area (Å²) in [6, 6.07) is 3.96. The normalized spacial score (nSPS) is 17.6. The molecule has 0 spiro atoms. The Morgan fingerprint density at radius 2 is 2.29 bits per heavy atom. The molecule has 0 N–H and O–H groups in total. The molecule has 3 rings (SSSR count). The molecule has 0 bridgehead atoms. The Kier molecular flexibility index (Phi) is 4.33. The van der Waals surface area contributed by atoms with Crippen molar-refractivity contribution in [1.29, 1.82) is 0 Å². The van der Waals surface area contributed by atoms with Gasteiger partial charge in [0.2, 0.25) is 5.91 Å². The molecule has 2 aromatic rings. The first-order valence-electron chi connectivity index (χ1n) is 7.00. The van der Waals surface area contributed by atoms with Crippen molar-refractivity contribution >= 4 is 40.2 Å². The summed E-state index contributed by atoms with van der Waals surface area (Å²) in [6.45, 7) is 2.04. The average molecular weight is 341 g/mol. The number of amides is 1. The Morgan fingerprint density at radius 3 is 3.00 bits per heavy atom. The first-order chi connectivity index (χ1) is 10.0. The fourth-order valence-electron chi connectivity index (χ4n) is 2.78. The highest BCUT2D eigenvalue weighted by molar-refractivity contribution is 7.16. The lowest BCUT2D eigenvalue weighted by atomic mass is 9.97. The third-order valence-electron chi connectivity index (χ3n) is 3.84. The summed E-state index contributed by atoms with van der Waals surface area (Å²) in [6.07, 6.45) is 3.60. The Labute approximate surface area is 137 Å². The van der Waals surface area contributed by atoms with E-state index in [1.54, 1.807) is 11.3 Å². The SMILES string of the molecule is Cc1nc2c(s1)[C@H](N(C)C(=O)Cc1ccc(Cl)s1)CCC2. The molecule has 112 valence electrons. The molecule has 0 saturated carbocycles. The van der Waals surface area contributed by atoms with Crippen molar-refractivity contribution in [2.45, 2.75) is 38.6 Å². The second-order valence-electron chi connectivity index (χ2n) is 5.34. The Bertz CT molecular complexity index is 664. The fourth-order valence-corrected chi connectivity index (χ4v) is 5.01. The van der Waals surface area contributed by atoms with Gasteiger partial charge in [0.15, 0.2) is 0 Å². The molecule has 0 radical (unpaired) electrons. The smallest absolute Gasteiger partial charge is 0.228 e. The minimum atomic E-state index is 0.150. The van der Waals surface area contributed by atoms with Gasteiger partial charge in [-0.3, -0.25) is 4.79 Å². The van der Waals surface area contributed by atoms with Crippen molar-refractivity contribution in [3.8, 4) is 0 Å². The van der Waals surface area contributed by atoms with Gasteiger partial charge in [0.1, 0.15) is 0 Å². The van der Waals surface area contributed by atoms with Crippen molar-refractivity contribution in [3.05, 3.63) is 36.9 Å². The molecule has 1 aliphatic carbocycles. The molecule has 0 aromatic carbocycles. The van der Waals surface area contributed by atoms with Crippen LogP contribution in [0.2, 0.25) is 4.34 Å². The summed E-state index contributed by atoms with van der Waals surface area (Å²) in [4.78, 5) is 21.3. The number of aryl methyl sites for hydroxylation is 2. The summed E-state index contributed by atoms with van der Waals surface area (Å²) in [5.74, 6) is 0.150. The number of likely N-dealkylation sites (N-methyl/N-ethyl adjacent to an activating group) is 1. The van der Waals surface area contributed by atoms with Crippen molar-refractivity contribution < 1.29 is 4.79 Å². The fraction of sp³-hybridized carbons (Fsp3) is 0.467. The maximum Gasteiger partial charge on any atom is 0.228 e. The van der Waals surface area contributed by atoms with E-state index in [0.717, 1.165) is 33.5 Å². The Balaban J connectivity index is 1.76. The average Bonchev–Trinajstić information content (AvgIpc) is 3.02. The highest BCUT2D eigenvalue weighted by atomic mass is 35.5. The topological polar surface area (TPSA) is 33.2 Å². The van der Waals surface area contributed by atoms with Gasteiger partial charge in [-0.25, -0.2) is 4.98 Å². The lowest BCUT2D eigenvalue weighted by Gasteiger charge is -2.30. The number of nitrogens with zero attached hydrogens (tertiary/aromatic N) is 2. The Hall–Kier alpha value is -0.910. The molecule has 1 atom stereocenters. The van der Waals surface area contributed by atoms with Gasteiger partial charge in [-0.15, -0.1) is 22.7 Å². The molecule has 21 heavy (non-hydrogen) atoms. The van der Waals surface area contributed by atoms with E-state index in [1.165, 1.54) is 21.9 Å². The van der Waals surface area contributed by atoms with Crippen LogP contribution in [0, 0.1) is 6.92 Å². The first kappa shape index (κ1) is 15.0. The van der Waals surface area contributed by atoms with Crippen molar-refractivity contribution in [2.24, 2.45) is 0 Å². The van der Waals surface area contributed by atoms with Crippen molar-refractivity contribution in [2.75, 3.05) is 7.05 Å². The van der Waals surface area contributed by atoms with Gasteiger partial charge in [0.25, 0.3) is 0 Å². The van der Waals surface area contributed by atoms with Gasteiger partial charge in [0, 0.05) is 11.9 Å². The monoisotopic (exact) mass is 340 g/mol. The third kappa shape index (κ3) is 3.15. The van der Waals surface area contributed by atoms with Gasteiger partial charge in [-0.2, -0.15) is 0 Å². The summed E-state index contributed by atoms with van der Waals surface area (Å²) >= 11 is 9.14. The van der Waals surface area contributed by atoms with E-state index in [0.29, 0.717) is 6.42 Å². The number of rotatable bonds is 3. The standard InChI is InChI=1S/C15H17ClN2OS2/c1-9-17-11-4-3-5-12(15(11)20-9)18(2)14(19)8-10-6-7-13(16)21-10/h6-7,12H,3-5,8H2,1-2H3/t12-/m1/s1. The van der Waals surface area contributed by atoms with E-state index < -0.39 is 0 Å². The van der Waals surface area contributed by atoms with Crippen molar-refractivity contribution in [3.63, 3.8) is 0 Å². The number of halogens is 1. The molecular weight excluding hydrogens is 324 g/mol. The molecule has 1 amide bonds. The molecule has 0 unspecified atom stereocenters. The second kappa shape index (κ2) is 6.07. The number of thiazole rings is 1. The summed E-state index contributed by atoms with van der Waals surface area (Å²) < 4.78 is 0.735. The van der Waals surface area contributed by atoms with Crippen LogP contribution in [0.15, 0.2) is 12.1 Å². The van der Waals surface area contributed by atoms with Crippen LogP contribution in [0.1, 0.15) is 39.3 Å². The van der Waals surface area contributed by atoms with Crippen LogP contribution in [0.3, 0.4) is 0 Å². The molecule has 0 fully saturated rings. The van der Waals surface area contributed by atoms with Gasteiger partial charge in [-0.1, -0.05) is 11.6 Å². The lowest BCUT2D eigenvalue weighted by Crippen LogP contribution is -2.33. The number of thiophene rings is 1. The maximum absolute atomic E-state index is 12.5. The predicted octanol–water partition coefficient (Wildman–Crippen LogP) is 4.24. The van der Waals surface area contributed by atoms with Crippen LogP contribution in [0.5, 0.6) is 0 Å². The number of carbonyl (C=O) groups is 1. The van der Waals surface area contributed by atoms with Gasteiger partial charge in [-0.05, 0) is 38.3 Å². The zero-order chi connectivity index (χ0) is 15.0. The third-order valence-corrected chi connectivity index (χ3v) is 6.19. The molecule has 0 saturated heterocycles. The quantitative estimate of drug-likeness (QED) is 0.837. The van der Waals surface area contributed by atoms with E-state index in [4.69, 9.17) is 11.6 Å². The highest BCUT2D eigenvalue weighted by Crippen LogP contribution is 2.37. The van der Waals surface area contributed by atoms with E-state index in [-0.39, 0.29) is 11.9 Å². The second-order valence-corrected chi connectivity index (χ2v) is 8.37. The van der Waals surface area contributed by atoms with E-state index in [9.17, 15) is 4.79 Å². The summed E-state index contributed by atoms with van der Waals surface area (Å²) in [5, 5.41) is 1.10. The van der Waals surface area contributed by atoms with Crippen LogP contribution in [0.25, 0.3) is 0 Å². The number of aromatic nitrogens is 1. The molecule has 2 heterocycles. The number of hydrogen-bond donors (Lipinski definition) is 0. The molecule has 2 aromatic heterocycles. The number of carbonyl (C=O) groups excluding carboxylic acids is 1. The molecule has 6 heteroatoms. The largest absolute Gasteiger partial charge is 0.338 e. The van der Waals surface area contributed by atoms with Gasteiger partial charge < -0.3 is 4.90 Å². The van der Waals surface area contributed by atoms with E-state index in [2.05, 4.69) is 4.98 Å². The number of hydrogen-bond acceptors (Lipinski definition) is 4. The molecular formula is C15H17ClN2OS2. The predicted molar refractivity (Wildman–Crippen MR) is 88.3 cm³/mol. The minimum Gasteiger partial charge on any atom is -0.338 e. The van der Waals surface area contributed by atoms with Crippen molar-refractivity contribution in [1.82, 2.24) is 9.88 Å². The summed E-state index contributed by atoms with van der Waals surface area (Å²) in [7, 11) is 1.91. The number of fused-ring (bicyclic) bond motifs is 1. The first-order valence-corrected chi connectivity index (χ1v) is 9.02. The van der Waals surface area contributed by atoms with Gasteiger partial charge >= 0.3 is 0 Å².